The molecule has 0 aliphatic carbocycles. The minimum atomic E-state index is -0.659. The largest absolute Gasteiger partial charge is 0.426 e. The summed E-state index contributed by atoms with van der Waals surface area (Å²) in [6, 6.07) is 7.42. The summed E-state index contributed by atoms with van der Waals surface area (Å²) in [4.78, 5) is 26.2. The van der Waals surface area contributed by atoms with E-state index in [0.717, 1.165) is 31.5 Å². The van der Waals surface area contributed by atoms with Crippen LogP contribution in [-0.4, -0.2) is 29.9 Å². The van der Waals surface area contributed by atoms with Crippen molar-refractivity contribution in [2.75, 3.05) is 13.1 Å². The highest BCUT2D eigenvalue weighted by atomic mass is 16.5. The first-order chi connectivity index (χ1) is 9.25. The average molecular weight is 259 g/mol. The Labute approximate surface area is 112 Å². The van der Waals surface area contributed by atoms with E-state index >= 15 is 0 Å². The van der Waals surface area contributed by atoms with Gasteiger partial charge in [0.15, 0.2) is 0 Å². The molecule has 0 aromatic heterocycles. The Bertz CT molecular complexity index is 506. The number of fused-ring (bicyclic) bond motifs is 1. The van der Waals surface area contributed by atoms with Crippen LogP contribution in [0.5, 0.6) is 5.75 Å². The number of benzene rings is 1. The van der Waals surface area contributed by atoms with Gasteiger partial charge in [0.25, 0.3) is 0 Å². The van der Waals surface area contributed by atoms with Gasteiger partial charge in [0.2, 0.25) is 5.91 Å². The van der Waals surface area contributed by atoms with Gasteiger partial charge in [0.05, 0.1) is 0 Å². The van der Waals surface area contributed by atoms with Crippen molar-refractivity contribution in [2.24, 2.45) is 5.92 Å². The highest BCUT2D eigenvalue weighted by molar-refractivity contribution is 6.00. The van der Waals surface area contributed by atoms with Crippen LogP contribution in [0.1, 0.15) is 24.8 Å². The zero-order valence-electron chi connectivity index (χ0n) is 10.8. The number of ether oxygens (including phenoxy) is 1. The highest BCUT2D eigenvalue weighted by Gasteiger charge is 2.36. The van der Waals surface area contributed by atoms with Crippen LogP contribution in [-0.2, 0) is 16.0 Å². The van der Waals surface area contributed by atoms with E-state index in [9.17, 15) is 9.59 Å². The smallest absolute Gasteiger partial charge is 0.324 e. The number of esters is 1. The molecule has 1 atom stereocenters. The Morgan fingerprint density at radius 3 is 2.68 bits per heavy atom. The molecule has 0 radical (unpaired) electrons. The first-order valence-electron chi connectivity index (χ1n) is 6.84. The third-order valence-corrected chi connectivity index (χ3v) is 3.86. The molecule has 2 heterocycles. The van der Waals surface area contributed by atoms with Crippen LogP contribution in [0.3, 0.4) is 0 Å². The van der Waals surface area contributed by atoms with Crippen LogP contribution in [0.2, 0.25) is 0 Å². The van der Waals surface area contributed by atoms with Crippen molar-refractivity contribution < 1.29 is 14.3 Å². The lowest BCUT2D eigenvalue weighted by atomic mass is 9.94. The predicted molar refractivity (Wildman–Crippen MR) is 69.7 cm³/mol. The van der Waals surface area contributed by atoms with Gasteiger partial charge in [-0.25, -0.2) is 0 Å². The van der Waals surface area contributed by atoms with Crippen molar-refractivity contribution in [3.05, 3.63) is 29.8 Å². The Hall–Kier alpha value is -1.84. The number of carbonyl (C=O) groups is 2. The number of piperidine rings is 1. The summed E-state index contributed by atoms with van der Waals surface area (Å²) in [5.41, 5.74) is 0.942. The van der Waals surface area contributed by atoms with Crippen molar-refractivity contribution in [3.63, 3.8) is 0 Å². The Kier molecular flexibility index (Phi) is 3.23. The van der Waals surface area contributed by atoms with Gasteiger partial charge in [0, 0.05) is 13.1 Å². The molecule has 4 heteroatoms. The highest BCUT2D eigenvalue weighted by Crippen LogP contribution is 2.29. The predicted octanol–water partition coefficient (Wildman–Crippen LogP) is 1.78. The molecule has 1 aromatic carbocycles. The summed E-state index contributed by atoms with van der Waals surface area (Å²) in [5, 5.41) is 0. The second-order valence-corrected chi connectivity index (χ2v) is 5.17. The molecule has 1 saturated heterocycles. The van der Waals surface area contributed by atoms with E-state index < -0.39 is 11.9 Å². The van der Waals surface area contributed by atoms with Crippen molar-refractivity contribution in [3.8, 4) is 5.75 Å². The van der Waals surface area contributed by atoms with Crippen LogP contribution in [0, 0.1) is 5.92 Å². The summed E-state index contributed by atoms with van der Waals surface area (Å²) < 4.78 is 5.27. The number of carbonyl (C=O) groups excluding carboxylic acids is 2. The molecule has 2 aliphatic rings. The molecule has 100 valence electrons. The van der Waals surface area contributed by atoms with E-state index in [4.69, 9.17) is 4.74 Å². The number of para-hydroxylation sites is 1. The molecule has 19 heavy (non-hydrogen) atoms. The van der Waals surface area contributed by atoms with Crippen LogP contribution < -0.4 is 4.74 Å². The maximum atomic E-state index is 12.4. The lowest BCUT2D eigenvalue weighted by Crippen LogP contribution is -2.45. The monoisotopic (exact) mass is 259 g/mol. The molecule has 1 amide bonds. The number of amides is 1. The SMILES string of the molecule is O=C1Oc2ccccc2C[C@H]1C(=O)N1CCCCC1. The van der Waals surface area contributed by atoms with E-state index in [1.165, 1.54) is 6.42 Å². The summed E-state index contributed by atoms with van der Waals surface area (Å²) in [6.07, 6.45) is 3.69. The van der Waals surface area contributed by atoms with Crippen LogP contribution in [0.4, 0.5) is 0 Å². The van der Waals surface area contributed by atoms with E-state index in [2.05, 4.69) is 0 Å². The molecule has 3 rings (SSSR count). The third kappa shape index (κ3) is 2.35. The van der Waals surface area contributed by atoms with Crippen molar-refractivity contribution in [2.45, 2.75) is 25.7 Å². The summed E-state index contributed by atoms with van der Waals surface area (Å²) in [7, 11) is 0. The van der Waals surface area contributed by atoms with Gasteiger partial charge in [-0.2, -0.15) is 0 Å². The summed E-state index contributed by atoms with van der Waals surface area (Å²) >= 11 is 0. The maximum Gasteiger partial charge on any atom is 0.324 e. The Balaban J connectivity index is 1.78. The maximum absolute atomic E-state index is 12.4. The fourth-order valence-electron chi connectivity index (χ4n) is 2.78. The Morgan fingerprint density at radius 2 is 1.89 bits per heavy atom. The lowest BCUT2D eigenvalue weighted by Gasteiger charge is -2.31. The van der Waals surface area contributed by atoms with Crippen molar-refractivity contribution in [1.82, 2.24) is 4.90 Å². The molecule has 1 fully saturated rings. The number of nitrogens with zero attached hydrogens (tertiary/aromatic N) is 1. The molecule has 0 unspecified atom stereocenters. The fraction of sp³-hybridized carbons (Fsp3) is 0.467. The molecule has 1 aromatic rings. The summed E-state index contributed by atoms with van der Waals surface area (Å²) in [5.74, 6) is -0.545. The molecule has 0 N–H and O–H groups in total. The third-order valence-electron chi connectivity index (χ3n) is 3.86. The number of likely N-dealkylation sites (tertiary alicyclic amines) is 1. The van der Waals surface area contributed by atoms with E-state index in [1.54, 1.807) is 6.07 Å². The van der Waals surface area contributed by atoms with Gasteiger partial charge in [-0.3, -0.25) is 9.59 Å². The molecule has 0 spiro atoms. The topological polar surface area (TPSA) is 46.6 Å². The molecule has 0 bridgehead atoms. The second kappa shape index (κ2) is 5.03. The van der Waals surface area contributed by atoms with Crippen molar-refractivity contribution >= 4 is 11.9 Å². The molecular formula is C15H17NO3. The van der Waals surface area contributed by atoms with E-state index in [-0.39, 0.29) is 5.91 Å². The zero-order valence-corrected chi connectivity index (χ0v) is 10.8. The zero-order chi connectivity index (χ0) is 13.2. The minimum absolute atomic E-state index is 0.0702. The van der Waals surface area contributed by atoms with Gasteiger partial charge < -0.3 is 9.64 Å². The van der Waals surface area contributed by atoms with Crippen LogP contribution in [0.25, 0.3) is 0 Å². The quantitative estimate of drug-likeness (QED) is 0.439. The lowest BCUT2D eigenvalue weighted by molar-refractivity contribution is -0.150. The van der Waals surface area contributed by atoms with E-state index in [0.29, 0.717) is 12.2 Å². The van der Waals surface area contributed by atoms with Gasteiger partial charge in [0.1, 0.15) is 11.7 Å². The van der Waals surface area contributed by atoms with Crippen molar-refractivity contribution in [1.29, 1.82) is 0 Å². The fourth-order valence-corrected chi connectivity index (χ4v) is 2.78. The number of hydrogen-bond donors (Lipinski definition) is 0. The normalized spacial score (nSPS) is 22.6. The van der Waals surface area contributed by atoms with Crippen LogP contribution in [0.15, 0.2) is 24.3 Å². The van der Waals surface area contributed by atoms with Gasteiger partial charge in [-0.1, -0.05) is 18.2 Å². The molecule has 0 saturated carbocycles. The molecule has 2 aliphatic heterocycles. The van der Waals surface area contributed by atoms with Crippen LogP contribution >= 0.6 is 0 Å². The number of rotatable bonds is 1. The minimum Gasteiger partial charge on any atom is -0.426 e. The van der Waals surface area contributed by atoms with Gasteiger partial charge in [-0.15, -0.1) is 0 Å². The standard InChI is InChI=1S/C15H17NO3/c17-14(16-8-4-1-5-9-16)12-10-11-6-2-3-7-13(11)19-15(12)18/h2-3,6-7,12H,1,4-5,8-10H2/t12-/m0/s1. The van der Waals surface area contributed by atoms with Gasteiger partial charge in [-0.05, 0) is 37.3 Å². The van der Waals surface area contributed by atoms with Gasteiger partial charge >= 0.3 is 5.97 Å². The average Bonchev–Trinajstić information content (AvgIpc) is 2.47. The first-order valence-corrected chi connectivity index (χ1v) is 6.84. The summed E-state index contributed by atoms with van der Waals surface area (Å²) in [6.45, 7) is 1.54. The first kappa shape index (κ1) is 12.2. The number of hydrogen-bond acceptors (Lipinski definition) is 3. The molecule has 4 nitrogen and oxygen atoms in total. The Morgan fingerprint density at radius 1 is 1.16 bits per heavy atom. The molecular weight excluding hydrogens is 242 g/mol. The van der Waals surface area contributed by atoms with E-state index in [1.807, 2.05) is 23.1 Å². The second-order valence-electron chi connectivity index (χ2n) is 5.17.